The van der Waals surface area contributed by atoms with Gasteiger partial charge in [-0.15, -0.1) is 0 Å². The summed E-state index contributed by atoms with van der Waals surface area (Å²) in [5.74, 6) is 0.0461. The second-order valence-corrected chi connectivity index (χ2v) is 7.25. The van der Waals surface area contributed by atoms with Gasteiger partial charge in [0.1, 0.15) is 0 Å². The number of azide groups is 1. The molecule has 1 aromatic carbocycles. The minimum atomic E-state index is -3.40. The summed E-state index contributed by atoms with van der Waals surface area (Å²) < 4.78 is 26.8. The standard InChI is InChI=1S/C16H20N4O2S/c17-20-19-16(15-9-5-2-6-10-15)13-18-23(21,22)12-11-14-7-3-1-4-8-14/h1-3,5-6,8-10,16,18H,4,7,11-13H2/t16-/m1/s1. The molecule has 0 heterocycles. The lowest BCUT2D eigenvalue weighted by Crippen LogP contribution is -2.30. The van der Waals surface area contributed by atoms with Gasteiger partial charge >= 0.3 is 0 Å². The summed E-state index contributed by atoms with van der Waals surface area (Å²) in [5, 5.41) is 3.68. The van der Waals surface area contributed by atoms with Crippen molar-refractivity contribution in [3.05, 3.63) is 70.1 Å². The van der Waals surface area contributed by atoms with E-state index in [0.29, 0.717) is 6.42 Å². The number of benzene rings is 1. The molecule has 0 aliphatic heterocycles. The Bertz CT molecular complexity index is 720. The van der Waals surface area contributed by atoms with Crippen LogP contribution in [0.3, 0.4) is 0 Å². The van der Waals surface area contributed by atoms with Gasteiger partial charge in [0.2, 0.25) is 10.0 Å². The molecule has 1 atom stereocenters. The Morgan fingerprint density at radius 2 is 2.04 bits per heavy atom. The molecule has 0 spiro atoms. The van der Waals surface area contributed by atoms with E-state index in [1.165, 1.54) is 0 Å². The summed E-state index contributed by atoms with van der Waals surface area (Å²) >= 11 is 0. The fraction of sp³-hybridized carbons (Fsp3) is 0.375. The third-order valence-electron chi connectivity index (χ3n) is 3.65. The van der Waals surface area contributed by atoms with Crippen LogP contribution >= 0.6 is 0 Å². The number of hydrogen-bond donors (Lipinski definition) is 1. The lowest BCUT2D eigenvalue weighted by Gasteiger charge is -2.14. The summed E-state index contributed by atoms with van der Waals surface area (Å²) in [6.45, 7) is 0.0648. The van der Waals surface area contributed by atoms with E-state index in [-0.39, 0.29) is 12.3 Å². The Hall–Kier alpha value is -2.08. The van der Waals surface area contributed by atoms with Crippen LogP contribution in [0.4, 0.5) is 0 Å². The molecule has 122 valence electrons. The van der Waals surface area contributed by atoms with Crippen LogP contribution < -0.4 is 4.72 Å². The van der Waals surface area contributed by atoms with Gasteiger partial charge in [-0.2, -0.15) is 0 Å². The predicted octanol–water partition coefficient (Wildman–Crippen LogP) is 3.62. The Morgan fingerprint density at radius 1 is 1.26 bits per heavy atom. The number of hydrogen-bond acceptors (Lipinski definition) is 3. The van der Waals surface area contributed by atoms with E-state index in [1.807, 2.05) is 30.3 Å². The minimum absolute atomic E-state index is 0.0461. The molecule has 6 nitrogen and oxygen atoms in total. The third kappa shape index (κ3) is 5.90. The number of nitrogens with zero attached hydrogens (tertiary/aromatic N) is 3. The number of rotatable bonds is 8. The van der Waals surface area contributed by atoms with Crippen molar-refractivity contribution in [1.82, 2.24) is 4.72 Å². The van der Waals surface area contributed by atoms with Crippen molar-refractivity contribution in [2.45, 2.75) is 25.3 Å². The Morgan fingerprint density at radius 3 is 2.70 bits per heavy atom. The topological polar surface area (TPSA) is 94.9 Å². The predicted molar refractivity (Wildman–Crippen MR) is 91.2 cm³/mol. The summed E-state index contributed by atoms with van der Waals surface area (Å²) in [4.78, 5) is 2.81. The normalized spacial score (nSPS) is 15.6. The van der Waals surface area contributed by atoms with E-state index in [4.69, 9.17) is 5.53 Å². The van der Waals surface area contributed by atoms with Crippen LogP contribution in [0.25, 0.3) is 10.4 Å². The van der Waals surface area contributed by atoms with Crippen molar-refractivity contribution < 1.29 is 8.42 Å². The van der Waals surface area contributed by atoms with Gasteiger partial charge in [0.05, 0.1) is 11.8 Å². The zero-order valence-electron chi connectivity index (χ0n) is 12.8. The molecular weight excluding hydrogens is 312 g/mol. The first-order chi connectivity index (χ1) is 11.1. The van der Waals surface area contributed by atoms with Crippen LogP contribution in [0.1, 0.15) is 30.9 Å². The van der Waals surface area contributed by atoms with Gasteiger partial charge in [0.25, 0.3) is 0 Å². The fourth-order valence-electron chi connectivity index (χ4n) is 2.36. The van der Waals surface area contributed by atoms with Crippen LogP contribution in [-0.2, 0) is 10.0 Å². The first kappa shape index (κ1) is 17.3. The molecule has 7 heteroatoms. The van der Waals surface area contributed by atoms with E-state index < -0.39 is 16.1 Å². The molecule has 23 heavy (non-hydrogen) atoms. The van der Waals surface area contributed by atoms with E-state index >= 15 is 0 Å². The summed E-state index contributed by atoms with van der Waals surface area (Å²) in [6.07, 6.45) is 8.42. The van der Waals surface area contributed by atoms with Crippen LogP contribution in [0.2, 0.25) is 0 Å². The number of allylic oxidation sites excluding steroid dienone is 4. The maximum atomic E-state index is 12.1. The molecule has 0 aromatic heterocycles. The highest BCUT2D eigenvalue weighted by Crippen LogP contribution is 2.18. The van der Waals surface area contributed by atoms with Crippen LogP contribution in [0.15, 0.2) is 59.2 Å². The summed E-state index contributed by atoms with van der Waals surface area (Å²) in [7, 11) is -3.40. The number of nitrogens with one attached hydrogen (secondary N) is 1. The van der Waals surface area contributed by atoms with Gasteiger partial charge in [-0.25, -0.2) is 13.1 Å². The molecule has 1 aliphatic rings. The second kappa shape index (κ2) is 8.53. The monoisotopic (exact) mass is 332 g/mol. The molecular formula is C16H20N4O2S. The summed E-state index contributed by atoms with van der Waals surface area (Å²) in [5.41, 5.74) is 10.6. The minimum Gasteiger partial charge on any atom is -0.214 e. The molecule has 0 bridgehead atoms. The lowest BCUT2D eigenvalue weighted by atomic mass is 10.0. The molecule has 0 fully saturated rings. The van der Waals surface area contributed by atoms with Crippen LogP contribution in [0.5, 0.6) is 0 Å². The van der Waals surface area contributed by atoms with Gasteiger partial charge in [0, 0.05) is 11.5 Å². The van der Waals surface area contributed by atoms with Crippen molar-refractivity contribution in [1.29, 1.82) is 0 Å². The molecule has 1 N–H and O–H groups in total. The fourth-order valence-corrected chi connectivity index (χ4v) is 3.45. The van der Waals surface area contributed by atoms with E-state index in [0.717, 1.165) is 24.0 Å². The smallest absolute Gasteiger partial charge is 0.211 e. The van der Waals surface area contributed by atoms with Crippen molar-refractivity contribution in [2.75, 3.05) is 12.3 Å². The molecule has 2 rings (SSSR count). The molecule has 0 saturated carbocycles. The Kier molecular flexibility index (Phi) is 6.40. The number of sulfonamides is 1. The van der Waals surface area contributed by atoms with E-state index in [1.54, 1.807) is 0 Å². The first-order valence-corrected chi connectivity index (χ1v) is 9.15. The molecule has 0 unspecified atom stereocenters. The Balaban J connectivity index is 1.91. The van der Waals surface area contributed by atoms with Crippen molar-refractivity contribution in [2.24, 2.45) is 5.11 Å². The SMILES string of the molecule is [N-]=[N+]=N[C@H](CNS(=O)(=O)CCC1=CCC=CC1)c1ccccc1. The zero-order valence-corrected chi connectivity index (χ0v) is 13.6. The van der Waals surface area contributed by atoms with Gasteiger partial charge in [-0.1, -0.05) is 59.2 Å². The second-order valence-electron chi connectivity index (χ2n) is 5.32. The first-order valence-electron chi connectivity index (χ1n) is 7.50. The quantitative estimate of drug-likeness (QED) is 0.340. The van der Waals surface area contributed by atoms with Gasteiger partial charge in [-0.3, -0.25) is 0 Å². The highest BCUT2D eigenvalue weighted by molar-refractivity contribution is 7.89. The van der Waals surface area contributed by atoms with E-state index in [2.05, 4.69) is 33.0 Å². The third-order valence-corrected chi connectivity index (χ3v) is 5.00. The van der Waals surface area contributed by atoms with Crippen molar-refractivity contribution in [3.63, 3.8) is 0 Å². The summed E-state index contributed by atoms with van der Waals surface area (Å²) in [6, 6.07) is 8.58. The molecule has 0 radical (unpaired) electrons. The van der Waals surface area contributed by atoms with Crippen molar-refractivity contribution in [3.8, 4) is 0 Å². The van der Waals surface area contributed by atoms with Gasteiger partial charge in [-0.05, 0) is 30.4 Å². The highest BCUT2D eigenvalue weighted by Gasteiger charge is 2.16. The highest BCUT2D eigenvalue weighted by atomic mass is 32.2. The van der Waals surface area contributed by atoms with Gasteiger partial charge in [0.15, 0.2) is 0 Å². The van der Waals surface area contributed by atoms with Crippen molar-refractivity contribution >= 4 is 10.0 Å². The molecule has 1 aromatic rings. The van der Waals surface area contributed by atoms with Crippen LogP contribution in [-0.4, -0.2) is 20.7 Å². The zero-order chi connectivity index (χ0) is 16.5. The Labute approximate surface area is 136 Å². The molecule has 0 amide bonds. The average molecular weight is 332 g/mol. The largest absolute Gasteiger partial charge is 0.214 e. The van der Waals surface area contributed by atoms with Gasteiger partial charge < -0.3 is 0 Å². The molecule has 0 saturated heterocycles. The lowest BCUT2D eigenvalue weighted by molar-refractivity contribution is 0.571. The van der Waals surface area contributed by atoms with E-state index in [9.17, 15) is 8.42 Å². The maximum absolute atomic E-state index is 12.1. The average Bonchev–Trinajstić information content (AvgIpc) is 2.59. The van der Waals surface area contributed by atoms with Crippen LogP contribution in [0, 0.1) is 0 Å². The molecule has 1 aliphatic carbocycles. The maximum Gasteiger partial charge on any atom is 0.211 e.